The van der Waals surface area contributed by atoms with Crippen molar-refractivity contribution in [3.05, 3.63) is 30.8 Å². The Bertz CT molecular complexity index is 369. The average molecular weight is 177 g/mol. The number of pyridine rings is 1. The molecule has 0 aliphatic carbocycles. The van der Waals surface area contributed by atoms with Gasteiger partial charge in [0.05, 0.1) is 23.7 Å². The molecule has 0 bridgehead atoms. The second-order valence-corrected chi connectivity index (χ2v) is 2.41. The van der Waals surface area contributed by atoms with Gasteiger partial charge in [-0.1, -0.05) is 5.16 Å². The zero-order valence-corrected chi connectivity index (χ0v) is 6.68. The Morgan fingerprint density at radius 2 is 2.23 bits per heavy atom. The smallest absolute Gasteiger partial charge is 0.165 e. The summed E-state index contributed by atoms with van der Waals surface area (Å²) in [7, 11) is 0. The number of nitrogens with two attached hydrogens (primary N) is 1. The van der Waals surface area contributed by atoms with Crippen molar-refractivity contribution < 1.29 is 9.36 Å². The van der Waals surface area contributed by atoms with E-state index < -0.39 is 0 Å². The summed E-state index contributed by atoms with van der Waals surface area (Å²) in [5.74, 6) is 5.46. The summed E-state index contributed by atoms with van der Waals surface area (Å²) in [5.41, 5.74) is 1.59. The molecule has 0 amide bonds. The van der Waals surface area contributed by atoms with Gasteiger partial charge in [0.15, 0.2) is 5.75 Å². The fourth-order valence-corrected chi connectivity index (χ4v) is 0.952. The zero-order chi connectivity index (χ0) is 9.10. The van der Waals surface area contributed by atoms with E-state index in [1.54, 1.807) is 18.3 Å². The van der Waals surface area contributed by atoms with Crippen molar-refractivity contribution in [2.45, 2.75) is 0 Å². The topological polar surface area (TPSA) is 74.2 Å². The summed E-state index contributed by atoms with van der Waals surface area (Å²) >= 11 is 0. The maximum atomic E-state index is 4.95. The van der Waals surface area contributed by atoms with Gasteiger partial charge in [-0.2, -0.15) is 5.90 Å². The van der Waals surface area contributed by atoms with Gasteiger partial charge in [-0.3, -0.25) is 4.98 Å². The molecule has 0 radical (unpaired) electrons. The lowest BCUT2D eigenvalue weighted by Gasteiger charge is -1.97. The van der Waals surface area contributed by atoms with Crippen LogP contribution in [0.25, 0.3) is 11.3 Å². The van der Waals surface area contributed by atoms with Gasteiger partial charge < -0.3 is 9.36 Å². The van der Waals surface area contributed by atoms with Crippen LogP contribution in [0.2, 0.25) is 0 Å². The Kier molecular flexibility index (Phi) is 1.93. The molecule has 0 aromatic carbocycles. The van der Waals surface area contributed by atoms with E-state index in [-0.39, 0.29) is 0 Å². The highest BCUT2D eigenvalue weighted by Gasteiger charge is 2.01. The van der Waals surface area contributed by atoms with Gasteiger partial charge in [0.2, 0.25) is 0 Å². The van der Waals surface area contributed by atoms with Crippen molar-refractivity contribution in [3.63, 3.8) is 0 Å². The highest BCUT2D eigenvalue weighted by atomic mass is 16.6. The minimum absolute atomic E-state index is 0.514. The second-order valence-electron chi connectivity index (χ2n) is 2.41. The molecule has 13 heavy (non-hydrogen) atoms. The van der Waals surface area contributed by atoms with Crippen LogP contribution < -0.4 is 10.7 Å². The van der Waals surface area contributed by atoms with Crippen molar-refractivity contribution in [3.8, 4) is 17.0 Å². The first-order valence-corrected chi connectivity index (χ1v) is 3.62. The van der Waals surface area contributed by atoms with Crippen LogP contribution in [0.3, 0.4) is 0 Å². The first-order valence-electron chi connectivity index (χ1n) is 3.62. The summed E-state index contributed by atoms with van der Waals surface area (Å²) < 4.78 is 4.68. The Balaban J connectivity index is 2.33. The fourth-order valence-electron chi connectivity index (χ4n) is 0.952. The minimum Gasteiger partial charge on any atom is -0.410 e. The van der Waals surface area contributed by atoms with Crippen molar-refractivity contribution in [1.82, 2.24) is 10.1 Å². The quantitative estimate of drug-likeness (QED) is 0.692. The molecular weight excluding hydrogens is 170 g/mol. The van der Waals surface area contributed by atoms with Gasteiger partial charge in [0.1, 0.15) is 6.26 Å². The average Bonchev–Trinajstić information content (AvgIpc) is 2.71. The highest BCUT2D eigenvalue weighted by Crippen LogP contribution is 2.17. The maximum absolute atomic E-state index is 4.95. The third-order valence-corrected chi connectivity index (χ3v) is 1.60. The van der Waals surface area contributed by atoms with Gasteiger partial charge in [0.25, 0.3) is 0 Å². The van der Waals surface area contributed by atoms with Gasteiger partial charge in [-0.25, -0.2) is 0 Å². The van der Waals surface area contributed by atoms with Crippen LogP contribution in [-0.2, 0) is 0 Å². The molecule has 5 nitrogen and oxygen atoms in total. The van der Waals surface area contributed by atoms with Gasteiger partial charge in [-0.15, -0.1) is 0 Å². The molecule has 2 N–H and O–H groups in total. The summed E-state index contributed by atoms with van der Waals surface area (Å²) in [6, 6.07) is 3.49. The molecule has 0 atom stereocenters. The zero-order valence-electron chi connectivity index (χ0n) is 6.68. The van der Waals surface area contributed by atoms with E-state index in [1.807, 2.05) is 0 Å². The Hall–Kier alpha value is -1.88. The Labute approximate surface area is 74.1 Å². The third-order valence-electron chi connectivity index (χ3n) is 1.60. The van der Waals surface area contributed by atoms with Gasteiger partial charge in [-0.05, 0) is 12.1 Å². The van der Waals surface area contributed by atoms with Crippen LogP contribution in [0.4, 0.5) is 0 Å². The molecule has 2 heterocycles. The maximum Gasteiger partial charge on any atom is 0.165 e. The largest absolute Gasteiger partial charge is 0.410 e. The molecule has 2 aromatic heterocycles. The second kappa shape index (κ2) is 3.24. The molecule has 66 valence electrons. The standard InChI is InChI=1S/C8H7N3O2/c9-13-7-1-2-8(10-4-7)6-3-11-12-5-6/h1-5H,9H2. The highest BCUT2D eigenvalue weighted by molar-refractivity contribution is 5.56. The van der Waals surface area contributed by atoms with Crippen LogP contribution >= 0.6 is 0 Å². The van der Waals surface area contributed by atoms with Crippen molar-refractivity contribution in [2.24, 2.45) is 5.90 Å². The van der Waals surface area contributed by atoms with Crippen molar-refractivity contribution in [2.75, 3.05) is 0 Å². The number of aromatic nitrogens is 2. The van der Waals surface area contributed by atoms with E-state index in [9.17, 15) is 0 Å². The molecule has 5 heteroatoms. The van der Waals surface area contributed by atoms with E-state index in [2.05, 4.69) is 19.5 Å². The predicted octanol–water partition coefficient (Wildman–Crippen LogP) is 0.989. The van der Waals surface area contributed by atoms with Crippen LogP contribution in [0.1, 0.15) is 0 Å². The van der Waals surface area contributed by atoms with E-state index in [1.165, 1.54) is 12.5 Å². The Morgan fingerprint density at radius 3 is 2.77 bits per heavy atom. The molecule has 0 unspecified atom stereocenters. The fraction of sp³-hybridized carbons (Fsp3) is 0. The predicted molar refractivity (Wildman–Crippen MR) is 44.5 cm³/mol. The Morgan fingerprint density at radius 1 is 1.31 bits per heavy atom. The first-order chi connectivity index (χ1) is 6.40. The summed E-state index contributed by atoms with van der Waals surface area (Å²) in [6.07, 6.45) is 4.64. The lowest BCUT2D eigenvalue weighted by molar-refractivity contribution is 0.333. The summed E-state index contributed by atoms with van der Waals surface area (Å²) in [6.45, 7) is 0. The molecule has 0 spiro atoms. The lowest BCUT2D eigenvalue weighted by Crippen LogP contribution is -2.01. The van der Waals surface area contributed by atoms with Gasteiger partial charge in [0, 0.05) is 0 Å². The lowest BCUT2D eigenvalue weighted by atomic mass is 10.2. The van der Waals surface area contributed by atoms with Crippen molar-refractivity contribution >= 4 is 0 Å². The van der Waals surface area contributed by atoms with Crippen LogP contribution in [-0.4, -0.2) is 10.1 Å². The normalized spacial score (nSPS) is 9.92. The van der Waals surface area contributed by atoms with Crippen LogP contribution in [0.15, 0.2) is 35.3 Å². The SMILES string of the molecule is NOc1ccc(-c2cnoc2)nc1. The molecule has 2 rings (SSSR count). The third kappa shape index (κ3) is 1.50. The minimum atomic E-state index is 0.514. The molecule has 0 aliphatic rings. The number of rotatable bonds is 2. The van der Waals surface area contributed by atoms with E-state index in [4.69, 9.17) is 5.90 Å². The van der Waals surface area contributed by atoms with Crippen molar-refractivity contribution in [1.29, 1.82) is 0 Å². The molecule has 2 aromatic rings. The van der Waals surface area contributed by atoms with E-state index >= 15 is 0 Å². The number of hydrogen-bond donors (Lipinski definition) is 1. The number of hydrogen-bond acceptors (Lipinski definition) is 5. The van der Waals surface area contributed by atoms with Gasteiger partial charge >= 0.3 is 0 Å². The molecule has 0 fully saturated rings. The molecular formula is C8H7N3O2. The molecule has 0 aliphatic heterocycles. The van der Waals surface area contributed by atoms with Crippen LogP contribution in [0.5, 0.6) is 5.75 Å². The first kappa shape index (κ1) is 7.75. The molecule has 0 saturated carbocycles. The van der Waals surface area contributed by atoms with E-state index in [0.717, 1.165) is 11.3 Å². The summed E-state index contributed by atoms with van der Waals surface area (Å²) in [4.78, 5) is 8.57. The number of nitrogens with zero attached hydrogens (tertiary/aromatic N) is 2. The summed E-state index contributed by atoms with van der Waals surface area (Å²) in [5, 5.41) is 3.57. The van der Waals surface area contributed by atoms with E-state index in [0.29, 0.717) is 5.75 Å². The monoisotopic (exact) mass is 177 g/mol. The van der Waals surface area contributed by atoms with Crippen LogP contribution in [0, 0.1) is 0 Å². The molecule has 0 saturated heterocycles.